The van der Waals surface area contributed by atoms with Crippen molar-refractivity contribution in [2.75, 3.05) is 5.32 Å². The number of anilines is 1. The van der Waals surface area contributed by atoms with E-state index in [1.54, 1.807) is 24.3 Å². The Kier molecular flexibility index (Phi) is 4.63. The highest BCUT2D eigenvalue weighted by Gasteiger charge is 2.41. The van der Waals surface area contributed by atoms with E-state index in [1.165, 1.54) is 0 Å². The molecule has 0 radical (unpaired) electrons. The molecule has 2 N–H and O–H groups in total. The van der Waals surface area contributed by atoms with Crippen LogP contribution in [-0.2, 0) is 20.7 Å². The fourth-order valence-corrected chi connectivity index (χ4v) is 2.88. The number of ether oxygens (including phenoxy) is 1. The Labute approximate surface area is 124 Å². The number of hydrogen-bond acceptors (Lipinski definition) is 3. The summed E-state index contributed by atoms with van der Waals surface area (Å²) in [6.07, 6.45) is -0.105. The summed E-state index contributed by atoms with van der Waals surface area (Å²) in [5.41, 5.74) is 1.29. The number of benzene rings is 1. The van der Waals surface area contributed by atoms with Gasteiger partial charge in [0.1, 0.15) is 0 Å². The molecule has 1 saturated heterocycles. The largest absolute Gasteiger partial charge is 0.481 e. The van der Waals surface area contributed by atoms with Crippen molar-refractivity contribution in [2.45, 2.75) is 39.4 Å². The number of rotatable bonds is 4. The lowest BCUT2D eigenvalue weighted by atomic mass is 9.89. The van der Waals surface area contributed by atoms with Crippen molar-refractivity contribution in [3.8, 4) is 0 Å². The van der Waals surface area contributed by atoms with Crippen molar-refractivity contribution in [1.29, 1.82) is 0 Å². The smallest absolute Gasteiger partial charge is 0.307 e. The highest BCUT2D eigenvalue weighted by atomic mass is 16.5. The molecule has 114 valence electrons. The fraction of sp³-hybridized carbons (Fsp3) is 0.500. The molecule has 1 aliphatic rings. The molecule has 1 fully saturated rings. The quantitative estimate of drug-likeness (QED) is 0.892. The Morgan fingerprint density at radius 2 is 1.95 bits per heavy atom. The first-order valence-electron chi connectivity index (χ1n) is 7.15. The Bertz CT molecular complexity index is 543. The van der Waals surface area contributed by atoms with Crippen molar-refractivity contribution in [3.63, 3.8) is 0 Å². The van der Waals surface area contributed by atoms with E-state index in [0.29, 0.717) is 11.3 Å². The van der Waals surface area contributed by atoms with Gasteiger partial charge >= 0.3 is 5.97 Å². The Morgan fingerprint density at radius 1 is 1.24 bits per heavy atom. The summed E-state index contributed by atoms with van der Waals surface area (Å²) in [4.78, 5) is 23.1. The second kappa shape index (κ2) is 6.26. The zero-order valence-electron chi connectivity index (χ0n) is 12.5. The summed E-state index contributed by atoms with van der Waals surface area (Å²) in [7, 11) is 0. The van der Waals surface area contributed by atoms with Crippen LogP contribution in [0.3, 0.4) is 0 Å². The van der Waals surface area contributed by atoms with Crippen LogP contribution in [-0.4, -0.2) is 29.2 Å². The molecule has 0 bridgehead atoms. The summed E-state index contributed by atoms with van der Waals surface area (Å²) >= 11 is 0. The van der Waals surface area contributed by atoms with Gasteiger partial charge in [0.2, 0.25) is 5.91 Å². The van der Waals surface area contributed by atoms with E-state index < -0.39 is 5.97 Å². The highest BCUT2D eigenvalue weighted by Crippen LogP contribution is 2.33. The van der Waals surface area contributed by atoms with Crippen LogP contribution in [0.15, 0.2) is 24.3 Å². The summed E-state index contributed by atoms with van der Waals surface area (Å²) < 4.78 is 5.68. The predicted molar refractivity (Wildman–Crippen MR) is 79.1 cm³/mol. The number of hydrogen-bond donors (Lipinski definition) is 2. The normalized spacial score (nSPS) is 28.3. The predicted octanol–water partition coefficient (Wildman–Crippen LogP) is 2.31. The maximum absolute atomic E-state index is 12.4. The molecular formula is C16H21NO4. The van der Waals surface area contributed by atoms with Crippen molar-refractivity contribution in [2.24, 2.45) is 11.8 Å². The molecule has 5 nitrogen and oxygen atoms in total. The molecule has 0 saturated carbocycles. The molecule has 1 heterocycles. The van der Waals surface area contributed by atoms with Crippen LogP contribution in [0, 0.1) is 11.8 Å². The number of carboxylic acids is 1. The van der Waals surface area contributed by atoms with Crippen LogP contribution in [0.1, 0.15) is 26.3 Å². The van der Waals surface area contributed by atoms with Crippen molar-refractivity contribution in [1.82, 2.24) is 0 Å². The lowest BCUT2D eigenvalue weighted by Crippen LogP contribution is -2.32. The van der Waals surface area contributed by atoms with Gasteiger partial charge in [0, 0.05) is 5.69 Å². The van der Waals surface area contributed by atoms with Gasteiger partial charge in [-0.1, -0.05) is 19.1 Å². The molecule has 1 aromatic rings. The van der Waals surface area contributed by atoms with E-state index in [2.05, 4.69) is 5.32 Å². The molecule has 1 amide bonds. The minimum Gasteiger partial charge on any atom is -0.481 e. The summed E-state index contributed by atoms with van der Waals surface area (Å²) in [6.45, 7) is 5.90. The van der Waals surface area contributed by atoms with Crippen LogP contribution >= 0.6 is 0 Å². The van der Waals surface area contributed by atoms with Gasteiger partial charge in [-0.3, -0.25) is 9.59 Å². The molecule has 1 aliphatic heterocycles. The van der Waals surface area contributed by atoms with Crippen molar-refractivity contribution in [3.05, 3.63) is 29.8 Å². The summed E-state index contributed by atoms with van der Waals surface area (Å²) in [5, 5.41) is 11.7. The first kappa shape index (κ1) is 15.5. The number of carbonyl (C=O) groups is 2. The summed E-state index contributed by atoms with van der Waals surface area (Å²) in [5.74, 6) is -1.00. The van der Waals surface area contributed by atoms with Gasteiger partial charge in [-0.2, -0.15) is 0 Å². The average Bonchev–Trinajstić information content (AvgIpc) is 2.62. The number of nitrogens with one attached hydrogen (secondary N) is 1. The first-order chi connectivity index (χ1) is 9.88. The molecule has 5 heteroatoms. The molecule has 0 aliphatic carbocycles. The fourth-order valence-electron chi connectivity index (χ4n) is 2.88. The number of carbonyl (C=O) groups excluding carboxylic acids is 1. The van der Waals surface area contributed by atoms with Crippen LogP contribution in [0.5, 0.6) is 0 Å². The van der Waals surface area contributed by atoms with Gasteiger partial charge < -0.3 is 15.2 Å². The van der Waals surface area contributed by atoms with E-state index in [-0.39, 0.29) is 36.4 Å². The minimum atomic E-state index is -0.890. The minimum absolute atomic E-state index is 0.0555. The second-order valence-corrected chi connectivity index (χ2v) is 5.69. The highest BCUT2D eigenvalue weighted by molar-refractivity contribution is 5.93. The molecule has 1 aromatic carbocycles. The van der Waals surface area contributed by atoms with Crippen LogP contribution in [0.25, 0.3) is 0 Å². The molecule has 21 heavy (non-hydrogen) atoms. The van der Waals surface area contributed by atoms with Gasteiger partial charge in [0.05, 0.1) is 24.5 Å². The van der Waals surface area contributed by atoms with E-state index in [1.807, 2.05) is 20.8 Å². The van der Waals surface area contributed by atoms with Crippen molar-refractivity contribution >= 4 is 17.6 Å². The number of amides is 1. The van der Waals surface area contributed by atoms with Crippen LogP contribution in [0.4, 0.5) is 5.69 Å². The topological polar surface area (TPSA) is 75.6 Å². The van der Waals surface area contributed by atoms with Gasteiger partial charge in [0.15, 0.2) is 0 Å². The van der Waals surface area contributed by atoms with Gasteiger partial charge in [-0.25, -0.2) is 0 Å². The molecule has 4 atom stereocenters. The Balaban J connectivity index is 2.07. The van der Waals surface area contributed by atoms with Gasteiger partial charge in [0.25, 0.3) is 0 Å². The third-order valence-electron chi connectivity index (χ3n) is 4.09. The molecule has 2 rings (SSSR count). The molecular weight excluding hydrogens is 270 g/mol. The zero-order valence-corrected chi connectivity index (χ0v) is 12.5. The standard InChI is InChI=1S/C16H21NO4/c1-9-10(2)21-11(3)15(9)16(20)17-13-6-4-5-12(7-13)8-14(18)19/h4-7,9-11,15H,8H2,1-3H3,(H,17,20)(H,18,19). The maximum atomic E-state index is 12.4. The molecule has 0 aromatic heterocycles. The maximum Gasteiger partial charge on any atom is 0.307 e. The summed E-state index contributed by atoms with van der Waals surface area (Å²) in [6, 6.07) is 6.93. The number of aliphatic carboxylic acids is 1. The lowest BCUT2D eigenvalue weighted by Gasteiger charge is -2.18. The third-order valence-corrected chi connectivity index (χ3v) is 4.09. The lowest BCUT2D eigenvalue weighted by molar-refractivity contribution is -0.136. The van der Waals surface area contributed by atoms with E-state index in [0.717, 1.165) is 0 Å². The zero-order chi connectivity index (χ0) is 15.6. The SMILES string of the molecule is CC1OC(C)C(C(=O)Nc2cccc(CC(=O)O)c2)C1C. The van der Waals surface area contributed by atoms with E-state index >= 15 is 0 Å². The van der Waals surface area contributed by atoms with Crippen LogP contribution in [0.2, 0.25) is 0 Å². The average molecular weight is 291 g/mol. The van der Waals surface area contributed by atoms with Gasteiger partial charge in [-0.05, 0) is 37.5 Å². The molecule has 0 spiro atoms. The number of carboxylic acid groups (broad SMARTS) is 1. The van der Waals surface area contributed by atoms with Gasteiger partial charge in [-0.15, -0.1) is 0 Å². The Morgan fingerprint density at radius 3 is 2.52 bits per heavy atom. The van der Waals surface area contributed by atoms with Crippen LogP contribution < -0.4 is 5.32 Å². The monoisotopic (exact) mass is 291 g/mol. The van der Waals surface area contributed by atoms with E-state index in [9.17, 15) is 9.59 Å². The van der Waals surface area contributed by atoms with Crippen molar-refractivity contribution < 1.29 is 19.4 Å². The molecule has 4 unspecified atom stereocenters. The van der Waals surface area contributed by atoms with E-state index in [4.69, 9.17) is 9.84 Å². The second-order valence-electron chi connectivity index (χ2n) is 5.69. The Hall–Kier alpha value is -1.88. The first-order valence-corrected chi connectivity index (χ1v) is 7.15. The third kappa shape index (κ3) is 3.61.